The van der Waals surface area contributed by atoms with Crippen LogP contribution in [-0.4, -0.2) is 48.8 Å². The van der Waals surface area contributed by atoms with Crippen LogP contribution in [-0.2, 0) is 0 Å². The van der Waals surface area contributed by atoms with Gasteiger partial charge in [-0.3, -0.25) is 0 Å². The van der Waals surface area contributed by atoms with Crippen molar-refractivity contribution in [1.29, 1.82) is 0 Å². The Hall–Kier alpha value is -0.120. The molecule has 0 saturated carbocycles. The Kier molecular flexibility index (Phi) is 6.98. The normalized spacial score (nSPS) is 20.4. The fourth-order valence-corrected chi connectivity index (χ4v) is 2.13. The molecule has 0 aromatic rings. The Morgan fingerprint density at radius 3 is 2.60 bits per heavy atom. The van der Waals surface area contributed by atoms with Crippen molar-refractivity contribution in [3.63, 3.8) is 0 Å². The van der Waals surface area contributed by atoms with E-state index in [0.717, 1.165) is 25.9 Å². The fraction of sp³-hybridized carbons (Fsp3) is 1.00. The summed E-state index contributed by atoms with van der Waals surface area (Å²) in [7, 11) is 0. The summed E-state index contributed by atoms with van der Waals surface area (Å²) in [5.41, 5.74) is 0. The molecular weight excluding hydrogens is 188 g/mol. The van der Waals surface area contributed by atoms with E-state index in [0.29, 0.717) is 6.04 Å². The third-order valence-electron chi connectivity index (χ3n) is 3.15. The molecule has 90 valence electrons. The highest BCUT2D eigenvalue weighted by Crippen LogP contribution is 2.09. The number of hydrogen-bond donors (Lipinski definition) is 2. The molecule has 0 aliphatic carbocycles. The quantitative estimate of drug-likeness (QED) is 0.669. The summed E-state index contributed by atoms with van der Waals surface area (Å²) >= 11 is 0. The van der Waals surface area contributed by atoms with Crippen LogP contribution >= 0.6 is 0 Å². The molecule has 0 radical (unpaired) electrons. The molecule has 1 saturated heterocycles. The molecule has 0 bridgehead atoms. The summed E-state index contributed by atoms with van der Waals surface area (Å²) in [6.07, 6.45) is 6.32. The lowest BCUT2D eigenvalue weighted by Gasteiger charge is -2.28. The minimum Gasteiger partial charge on any atom is -0.395 e. The lowest BCUT2D eigenvalue weighted by atomic mass is 10.1. The van der Waals surface area contributed by atoms with Gasteiger partial charge in [-0.1, -0.05) is 13.3 Å². The zero-order chi connectivity index (χ0) is 10.9. The van der Waals surface area contributed by atoms with Gasteiger partial charge in [0, 0.05) is 6.04 Å². The van der Waals surface area contributed by atoms with Crippen molar-refractivity contribution < 1.29 is 5.11 Å². The predicted octanol–water partition coefficient (Wildman–Crippen LogP) is 1.22. The van der Waals surface area contributed by atoms with E-state index >= 15 is 0 Å². The molecular formula is C12H26N2O. The third-order valence-corrected chi connectivity index (χ3v) is 3.15. The first-order valence-electron chi connectivity index (χ1n) is 6.43. The summed E-state index contributed by atoms with van der Waals surface area (Å²) in [5, 5.41) is 12.6. The molecule has 1 fully saturated rings. The maximum atomic E-state index is 9.20. The van der Waals surface area contributed by atoms with Gasteiger partial charge >= 0.3 is 0 Å². The van der Waals surface area contributed by atoms with Crippen LogP contribution in [0.15, 0.2) is 0 Å². The van der Waals surface area contributed by atoms with Crippen LogP contribution in [0.4, 0.5) is 0 Å². The summed E-state index contributed by atoms with van der Waals surface area (Å²) in [6.45, 7) is 7.10. The molecule has 0 amide bonds. The first kappa shape index (κ1) is 12.9. The Morgan fingerprint density at radius 2 is 2.00 bits per heavy atom. The smallest absolute Gasteiger partial charge is 0.0585 e. The zero-order valence-corrected chi connectivity index (χ0v) is 10.0. The van der Waals surface area contributed by atoms with Crippen molar-refractivity contribution in [2.24, 2.45) is 0 Å². The van der Waals surface area contributed by atoms with Gasteiger partial charge < -0.3 is 15.3 Å². The predicted molar refractivity (Wildman–Crippen MR) is 64.1 cm³/mol. The lowest BCUT2D eigenvalue weighted by molar-refractivity contribution is 0.188. The number of aliphatic hydroxyl groups excluding tert-OH is 1. The second-order valence-electron chi connectivity index (χ2n) is 4.52. The number of aliphatic hydroxyl groups is 1. The van der Waals surface area contributed by atoms with Crippen molar-refractivity contribution >= 4 is 0 Å². The monoisotopic (exact) mass is 214 g/mol. The standard InChI is InChI=1S/C12H26N2O/c1-2-7-13-12(11-15)6-10-14-8-4-3-5-9-14/h12-13,15H,2-11H2,1H3. The minimum atomic E-state index is 0.272. The summed E-state index contributed by atoms with van der Waals surface area (Å²) in [5.74, 6) is 0. The highest BCUT2D eigenvalue weighted by atomic mass is 16.3. The molecule has 0 spiro atoms. The highest BCUT2D eigenvalue weighted by Gasteiger charge is 2.12. The van der Waals surface area contributed by atoms with E-state index in [9.17, 15) is 5.11 Å². The van der Waals surface area contributed by atoms with Gasteiger partial charge in [0.1, 0.15) is 0 Å². The fourth-order valence-electron chi connectivity index (χ4n) is 2.13. The number of rotatable bonds is 7. The molecule has 2 N–H and O–H groups in total. The van der Waals surface area contributed by atoms with E-state index in [1.165, 1.54) is 32.4 Å². The average molecular weight is 214 g/mol. The number of hydrogen-bond acceptors (Lipinski definition) is 3. The van der Waals surface area contributed by atoms with Crippen molar-refractivity contribution in [1.82, 2.24) is 10.2 Å². The molecule has 0 aromatic heterocycles. The number of likely N-dealkylation sites (tertiary alicyclic amines) is 1. The van der Waals surface area contributed by atoms with Crippen molar-refractivity contribution in [3.05, 3.63) is 0 Å². The van der Waals surface area contributed by atoms with Gasteiger partial charge in [-0.15, -0.1) is 0 Å². The number of nitrogens with one attached hydrogen (secondary N) is 1. The lowest BCUT2D eigenvalue weighted by Crippen LogP contribution is -2.38. The Bertz CT molecular complexity index is 147. The minimum absolute atomic E-state index is 0.272. The maximum Gasteiger partial charge on any atom is 0.0585 e. The number of piperidine rings is 1. The zero-order valence-electron chi connectivity index (χ0n) is 10.0. The second-order valence-corrected chi connectivity index (χ2v) is 4.52. The van der Waals surface area contributed by atoms with Crippen LogP contribution in [0, 0.1) is 0 Å². The Labute approximate surface area is 93.9 Å². The molecule has 3 heteroatoms. The van der Waals surface area contributed by atoms with E-state index < -0.39 is 0 Å². The summed E-state index contributed by atoms with van der Waals surface area (Å²) in [4.78, 5) is 2.53. The first-order valence-corrected chi connectivity index (χ1v) is 6.43. The summed E-state index contributed by atoms with van der Waals surface area (Å²) in [6, 6.07) is 0.298. The van der Waals surface area contributed by atoms with E-state index in [1.807, 2.05) is 0 Å². The van der Waals surface area contributed by atoms with Gasteiger partial charge in [-0.25, -0.2) is 0 Å². The Morgan fingerprint density at radius 1 is 1.27 bits per heavy atom. The molecule has 3 nitrogen and oxygen atoms in total. The van der Waals surface area contributed by atoms with Gasteiger partial charge in [0.25, 0.3) is 0 Å². The van der Waals surface area contributed by atoms with E-state index in [2.05, 4.69) is 17.1 Å². The largest absolute Gasteiger partial charge is 0.395 e. The maximum absolute atomic E-state index is 9.20. The van der Waals surface area contributed by atoms with Gasteiger partial charge in [-0.05, 0) is 51.9 Å². The van der Waals surface area contributed by atoms with E-state index in [1.54, 1.807) is 0 Å². The SMILES string of the molecule is CCCNC(CO)CCN1CCCCC1. The average Bonchev–Trinajstić information content (AvgIpc) is 2.31. The highest BCUT2D eigenvalue weighted by molar-refractivity contribution is 4.70. The van der Waals surface area contributed by atoms with E-state index in [4.69, 9.17) is 0 Å². The first-order chi connectivity index (χ1) is 7.36. The molecule has 15 heavy (non-hydrogen) atoms. The van der Waals surface area contributed by atoms with Crippen LogP contribution in [0.5, 0.6) is 0 Å². The second kappa shape index (κ2) is 8.08. The summed E-state index contributed by atoms with van der Waals surface area (Å²) < 4.78 is 0. The Balaban J connectivity index is 2.09. The molecule has 1 atom stereocenters. The van der Waals surface area contributed by atoms with Crippen molar-refractivity contribution in [2.75, 3.05) is 32.8 Å². The van der Waals surface area contributed by atoms with Gasteiger partial charge in [0.2, 0.25) is 0 Å². The molecule has 1 aliphatic rings. The number of nitrogens with zero attached hydrogens (tertiary/aromatic N) is 1. The molecule has 1 heterocycles. The van der Waals surface area contributed by atoms with Gasteiger partial charge in [-0.2, -0.15) is 0 Å². The molecule has 1 rings (SSSR count). The van der Waals surface area contributed by atoms with Crippen LogP contribution in [0.3, 0.4) is 0 Å². The van der Waals surface area contributed by atoms with Crippen LogP contribution < -0.4 is 5.32 Å². The molecule has 0 aromatic carbocycles. The van der Waals surface area contributed by atoms with Gasteiger partial charge in [0.05, 0.1) is 6.61 Å². The molecule has 1 unspecified atom stereocenters. The third kappa shape index (κ3) is 5.50. The van der Waals surface area contributed by atoms with Crippen molar-refractivity contribution in [3.8, 4) is 0 Å². The van der Waals surface area contributed by atoms with Crippen LogP contribution in [0.2, 0.25) is 0 Å². The van der Waals surface area contributed by atoms with Crippen LogP contribution in [0.25, 0.3) is 0 Å². The van der Waals surface area contributed by atoms with Gasteiger partial charge in [0.15, 0.2) is 0 Å². The van der Waals surface area contributed by atoms with E-state index in [-0.39, 0.29) is 6.61 Å². The van der Waals surface area contributed by atoms with Crippen molar-refractivity contribution in [2.45, 2.75) is 45.1 Å². The topological polar surface area (TPSA) is 35.5 Å². The molecule has 1 aliphatic heterocycles. The van der Waals surface area contributed by atoms with Crippen LogP contribution in [0.1, 0.15) is 39.0 Å².